The SMILES string of the molecule is Cc1ccc([C@@H](C)CC(=O)c2cccc(C(F)(F)F)c2)cc1-c1ccc2nc(Nc3cnn(C4CC4)c3)ncc2c1.Cc1ccc([C@H](C)CC(=O)c2cccc(C(F)(F)F)c2)cc1-c1ccc2nc(Nc3cnn(C4CC4)c3)ncc2c1. The van der Waals surface area contributed by atoms with Crippen LogP contribution in [0.1, 0.15) is 130 Å². The van der Waals surface area contributed by atoms with Gasteiger partial charge in [-0.2, -0.15) is 36.5 Å². The highest BCUT2D eigenvalue weighted by atomic mass is 19.4. The molecule has 0 radical (unpaired) electrons. The molecule has 82 heavy (non-hydrogen) atoms. The Bertz CT molecular complexity index is 3770. The molecule has 0 saturated heterocycles. The third kappa shape index (κ3) is 12.8. The number of ketones is 2. The van der Waals surface area contributed by atoms with Crippen molar-refractivity contribution >= 4 is 56.6 Å². The van der Waals surface area contributed by atoms with Crippen molar-refractivity contribution in [3.8, 4) is 22.3 Å². The third-order valence-electron chi connectivity index (χ3n) is 15.0. The fourth-order valence-electron chi connectivity index (χ4n) is 9.94. The second-order valence-corrected chi connectivity index (χ2v) is 21.4. The maximum Gasteiger partial charge on any atom is 0.416 e. The van der Waals surface area contributed by atoms with Crippen molar-refractivity contribution in [3.05, 3.63) is 203 Å². The van der Waals surface area contributed by atoms with Crippen molar-refractivity contribution in [1.29, 1.82) is 0 Å². The quantitative estimate of drug-likeness (QED) is 0.0708. The zero-order chi connectivity index (χ0) is 57.5. The average molecular weight is 1110 g/mol. The zero-order valence-electron chi connectivity index (χ0n) is 45.2. The van der Waals surface area contributed by atoms with E-state index in [2.05, 4.69) is 52.9 Å². The van der Waals surface area contributed by atoms with E-state index in [1.54, 1.807) is 24.8 Å². The van der Waals surface area contributed by atoms with Gasteiger partial charge < -0.3 is 10.6 Å². The number of fused-ring (bicyclic) bond motifs is 2. The molecule has 0 aliphatic heterocycles. The summed E-state index contributed by atoms with van der Waals surface area (Å²) in [5.74, 6) is -0.0111. The molecule has 0 bridgehead atoms. The zero-order valence-corrected chi connectivity index (χ0v) is 45.2. The summed E-state index contributed by atoms with van der Waals surface area (Å²) in [5, 5.41) is 17.0. The van der Waals surface area contributed by atoms with Gasteiger partial charge in [0.1, 0.15) is 0 Å². The van der Waals surface area contributed by atoms with Crippen LogP contribution in [-0.4, -0.2) is 51.1 Å². The molecular weight excluding hydrogens is 1050 g/mol. The van der Waals surface area contributed by atoms with E-state index in [1.165, 1.54) is 24.3 Å². The molecule has 2 saturated carbocycles. The minimum absolute atomic E-state index is 0.0687. The van der Waals surface area contributed by atoms with Crippen molar-refractivity contribution in [2.75, 3.05) is 10.6 Å². The monoisotopic (exact) mass is 1110 g/mol. The Kier molecular flexibility index (Phi) is 15.0. The molecule has 12 rings (SSSR count). The molecule has 18 heteroatoms. The lowest BCUT2D eigenvalue weighted by atomic mass is 9.89. The molecule has 416 valence electrons. The van der Waals surface area contributed by atoms with Crippen LogP contribution in [0.15, 0.2) is 159 Å². The Morgan fingerprint density at radius 3 is 1.34 bits per heavy atom. The number of carbonyl (C=O) groups excluding carboxylic acids is 2. The highest BCUT2D eigenvalue weighted by Gasteiger charge is 2.32. The Morgan fingerprint density at radius 1 is 0.537 bits per heavy atom. The van der Waals surface area contributed by atoms with Gasteiger partial charge in [0.15, 0.2) is 11.6 Å². The summed E-state index contributed by atoms with van der Waals surface area (Å²) in [6.07, 6.45) is 6.94. The van der Waals surface area contributed by atoms with E-state index in [0.717, 1.165) is 128 Å². The molecule has 10 aromatic rings. The smallest absolute Gasteiger partial charge is 0.321 e. The number of hydrogen-bond donors (Lipinski definition) is 2. The van der Waals surface area contributed by atoms with Crippen molar-refractivity contribution in [1.82, 2.24) is 39.5 Å². The Labute approximate surface area is 468 Å². The van der Waals surface area contributed by atoms with Gasteiger partial charge in [0.05, 0.1) is 58.0 Å². The van der Waals surface area contributed by atoms with Gasteiger partial charge >= 0.3 is 12.4 Å². The van der Waals surface area contributed by atoms with E-state index in [-0.39, 0.29) is 47.4 Å². The largest absolute Gasteiger partial charge is 0.416 e. The van der Waals surface area contributed by atoms with Crippen LogP contribution in [0.3, 0.4) is 0 Å². The summed E-state index contributed by atoms with van der Waals surface area (Å²) in [6, 6.07) is 34.3. The number of anilines is 4. The maximum absolute atomic E-state index is 13.1. The minimum atomic E-state index is -4.49. The summed E-state index contributed by atoms with van der Waals surface area (Å²) in [4.78, 5) is 44.0. The van der Waals surface area contributed by atoms with Gasteiger partial charge in [-0.25, -0.2) is 19.9 Å². The first-order chi connectivity index (χ1) is 39.3. The molecule has 0 amide bonds. The summed E-state index contributed by atoms with van der Waals surface area (Å²) in [6.45, 7) is 7.87. The maximum atomic E-state index is 13.1. The number of hydrogen-bond acceptors (Lipinski definition) is 10. The van der Waals surface area contributed by atoms with Gasteiger partial charge in [-0.1, -0.05) is 86.6 Å². The van der Waals surface area contributed by atoms with Crippen molar-refractivity contribution in [2.24, 2.45) is 0 Å². The van der Waals surface area contributed by atoms with Crippen molar-refractivity contribution in [2.45, 2.75) is 102 Å². The van der Waals surface area contributed by atoms with Crippen LogP contribution in [0.2, 0.25) is 0 Å². The highest BCUT2D eigenvalue weighted by Crippen LogP contribution is 2.38. The van der Waals surface area contributed by atoms with Crippen LogP contribution in [0.4, 0.5) is 49.6 Å². The van der Waals surface area contributed by atoms with Gasteiger partial charge in [0, 0.05) is 59.5 Å². The summed E-state index contributed by atoms with van der Waals surface area (Å²) < 4.78 is 82.6. The van der Waals surface area contributed by atoms with Gasteiger partial charge in [-0.15, -0.1) is 0 Å². The van der Waals surface area contributed by atoms with E-state index in [1.807, 2.05) is 110 Å². The van der Waals surface area contributed by atoms with Gasteiger partial charge in [0.2, 0.25) is 11.9 Å². The number of rotatable bonds is 16. The van der Waals surface area contributed by atoms with E-state index in [9.17, 15) is 35.9 Å². The molecule has 12 nitrogen and oxygen atoms in total. The van der Waals surface area contributed by atoms with E-state index in [0.29, 0.717) is 24.0 Å². The number of aromatic nitrogens is 8. The molecule has 0 unspecified atom stereocenters. The van der Waals surface area contributed by atoms with Crippen LogP contribution in [0, 0.1) is 13.8 Å². The predicted molar refractivity (Wildman–Crippen MR) is 305 cm³/mol. The third-order valence-corrected chi connectivity index (χ3v) is 15.0. The fraction of sp³-hybridized carbons (Fsp3) is 0.250. The number of benzene rings is 6. The van der Waals surface area contributed by atoms with E-state index in [4.69, 9.17) is 0 Å². The van der Waals surface area contributed by atoms with Crippen molar-refractivity contribution < 1.29 is 35.9 Å². The molecular formula is C64H56F6N10O2. The van der Waals surface area contributed by atoms with Crippen LogP contribution >= 0.6 is 0 Å². The topological polar surface area (TPSA) is 145 Å². The van der Waals surface area contributed by atoms with Crippen LogP contribution in [0.5, 0.6) is 0 Å². The van der Waals surface area contributed by atoms with Gasteiger partial charge in [-0.3, -0.25) is 19.0 Å². The fourth-order valence-corrected chi connectivity index (χ4v) is 9.94. The number of alkyl halides is 6. The number of nitrogens with zero attached hydrogens (tertiary/aromatic N) is 8. The molecule has 4 heterocycles. The second kappa shape index (κ2) is 22.5. The Morgan fingerprint density at radius 2 is 0.951 bits per heavy atom. The lowest BCUT2D eigenvalue weighted by Crippen LogP contribution is -2.09. The number of carbonyl (C=O) groups is 2. The first-order valence-electron chi connectivity index (χ1n) is 27.1. The van der Waals surface area contributed by atoms with E-state index < -0.39 is 23.5 Å². The second-order valence-electron chi connectivity index (χ2n) is 21.4. The summed E-state index contributed by atoms with van der Waals surface area (Å²) >= 11 is 0. The normalized spacial score (nSPS) is 14.3. The van der Waals surface area contributed by atoms with E-state index >= 15 is 0 Å². The molecule has 4 aromatic heterocycles. The Hall–Kier alpha value is -9.06. The first kappa shape index (κ1) is 54.9. The summed E-state index contributed by atoms with van der Waals surface area (Å²) in [5.41, 5.74) is 9.81. The van der Waals surface area contributed by atoms with Crippen LogP contribution in [-0.2, 0) is 12.4 Å². The average Bonchev–Trinajstić information content (AvgIpc) is 4.52. The molecule has 2 aliphatic rings. The van der Waals surface area contributed by atoms with Crippen LogP contribution < -0.4 is 10.6 Å². The molecule has 0 spiro atoms. The first-order valence-corrected chi connectivity index (χ1v) is 27.1. The highest BCUT2D eigenvalue weighted by molar-refractivity contribution is 5.97. The molecule has 2 N–H and O–H groups in total. The lowest BCUT2D eigenvalue weighted by Gasteiger charge is -2.16. The number of Topliss-reactive ketones (excluding diaryl/α,β-unsaturated/α-hetero) is 2. The predicted octanol–water partition coefficient (Wildman–Crippen LogP) is 16.6. The molecule has 2 atom stereocenters. The lowest BCUT2D eigenvalue weighted by molar-refractivity contribution is -0.138. The number of nitrogens with one attached hydrogen (secondary N) is 2. The van der Waals surface area contributed by atoms with Gasteiger partial charge in [-0.05, 0) is 144 Å². The van der Waals surface area contributed by atoms with Crippen molar-refractivity contribution in [3.63, 3.8) is 0 Å². The molecule has 2 aliphatic carbocycles. The number of aryl methyl sites for hydroxylation is 2. The minimum Gasteiger partial charge on any atom is -0.321 e. The standard InChI is InChI=1S/2C32H28F3N5O/c2*1-19-6-7-21(20(2)12-30(41)23-4-3-5-25(14-23)32(33,34)35)15-28(19)22-8-11-29-24(13-22)16-36-31(39-29)38-26-17-37-40(18-26)27-9-10-27/h2*3-8,11,13-18,20,27H,9-10,12H2,1-2H3,(H,36,38,39)/t2*20-/m10/s1. The molecule has 6 aromatic carbocycles. The van der Waals surface area contributed by atoms with Gasteiger partial charge in [0.25, 0.3) is 0 Å². The summed E-state index contributed by atoms with van der Waals surface area (Å²) in [7, 11) is 0. The molecule has 2 fully saturated rings. The number of halogens is 6. The van der Waals surface area contributed by atoms with Crippen LogP contribution in [0.25, 0.3) is 44.1 Å². The Balaban J connectivity index is 0.000000172.